The zero-order valence-corrected chi connectivity index (χ0v) is 12.3. The fourth-order valence-electron chi connectivity index (χ4n) is 2.16. The lowest BCUT2D eigenvalue weighted by Crippen LogP contribution is -2.05. The van der Waals surface area contributed by atoms with Crippen LogP contribution in [-0.2, 0) is 0 Å². The summed E-state index contributed by atoms with van der Waals surface area (Å²) in [6, 6.07) is 13.4. The van der Waals surface area contributed by atoms with E-state index in [2.05, 4.69) is 20.5 Å². The number of aromatic nitrogens is 1. The first-order valence-corrected chi connectivity index (χ1v) is 6.84. The highest BCUT2D eigenvalue weighted by molar-refractivity contribution is 5.95. The van der Waals surface area contributed by atoms with E-state index in [0.29, 0.717) is 22.3 Å². The van der Waals surface area contributed by atoms with Gasteiger partial charge in [0.05, 0.1) is 12.6 Å². The number of azo groups is 1. The fraction of sp³-hybridized carbons (Fsp3) is 0.0625. The third-order valence-electron chi connectivity index (χ3n) is 3.22. The van der Waals surface area contributed by atoms with Gasteiger partial charge in [-0.15, -0.1) is 5.11 Å². The number of rotatable bonds is 3. The maximum absolute atomic E-state index is 11.9. The average Bonchev–Trinajstić information content (AvgIpc) is 2.88. The summed E-state index contributed by atoms with van der Waals surface area (Å²) in [4.78, 5) is 14.6. The molecular weight excluding hydrogens is 296 g/mol. The number of anilines is 1. The first-order valence-electron chi connectivity index (χ1n) is 6.84. The van der Waals surface area contributed by atoms with Crippen LogP contribution in [0.25, 0.3) is 10.9 Å². The van der Waals surface area contributed by atoms with Crippen molar-refractivity contribution >= 4 is 28.3 Å². The van der Waals surface area contributed by atoms with Crippen molar-refractivity contribution in [2.75, 3.05) is 12.4 Å². The molecule has 0 fully saturated rings. The standard InChI is InChI=1S/C16H14N4O3/c1-23-11-6-4-5-10(9-11)17-16(22)20-19-14-12-7-2-3-8-13(12)18-15(14)21/h2-9,18,21H,1H3,(H,17,22). The number of ether oxygens (including phenoxy) is 1. The van der Waals surface area contributed by atoms with E-state index in [9.17, 15) is 9.90 Å². The fourth-order valence-corrected chi connectivity index (χ4v) is 2.16. The summed E-state index contributed by atoms with van der Waals surface area (Å²) in [6.07, 6.45) is 0. The predicted octanol–water partition coefficient (Wildman–Crippen LogP) is 4.20. The van der Waals surface area contributed by atoms with Gasteiger partial charge in [-0.25, -0.2) is 4.79 Å². The van der Waals surface area contributed by atoms with Crippen molar-refractivity contribution < 1.29 is 14.6 Å². The van der Waals surface area contributed by atoms with Crippen molar-refractivity contribution in [1.82, 2.24) is 4.98 Å². The van der Waals surface area contributed by atoms with E-state index in [1.54, 1.807) is 43.5 Å². The molecule has 0 bridgehead atoms. The van der Waals surface area contributed by atoms with E-state index >= 15 is 0 Å². The van der Waals surface area contributed by atoms with Gasteiger partial charge in [0.2, 0.25) is 5.88 Å². The zero-order valence-electron chi connectivity index (χ0n) is 12.3. The van der Waals surface area contributed by atoms with Crippen LogP contribution >= 0.6 is 0 Å². The number of urea groups is 1. The highest BCUT2D eigenvalue weighted by Crippen LogP contribution is 2.35. The van der Waals surface area contributed by atoms with Crippen LogP contribution in [0.4, 0.5) is 16.2 Å². The van der Waals surface area contributed by atoms with Crippen molar-refractivity contribution in [2.45, 2.75) is 0 Å². The van der Waals surface area contributed by atoms with Crippen molar-refractivity contribution in [1.29, 1.82) is 0 Å². The Bertz CT molecular complexity index is 886. The molecule has 1 aromatic heterocycles. The Kier molecular flexibility index (Phi) is 3.92. The molecule has 0 radical (unpaired) electrons. The van der Waals surface area contributed by atoms with Gasteiger partial charge < -0.3 is 20.1 Å². The molecule has 3 rings (SSSR count). The monoisotopic (exact) mass is 310 g/mol. The number of carbonyl (C=O) groups is 1. The minimum Gasteiger partial charge on any atom is -0.497 e. The number of nitrogens with zero attached hydrogens (tertiary/aromatic N) is 2. The minimum absolute atomic E-state index is 0.135. The Labute approximate surface area is 131 Å². The Hall–Kier alpha value is -3.35. The highest BCUT2D eigenvalue weighted by atomic mass is 16.5. The van der Waals surface area contributed by atoms with Crippen LogP contribution in [0.2, 0.25) is 0 Å². The minimum atomic E-state index is -0.650. The molecule has 7 nitrogen and oxygen atoms in total. The number of H-pyrrole nitrogens is 1. The number of amides is 2. The van der Waals surface area contributed by atoms with Gasteiger partial charge in [0.1, 0.15) is 5.75 Å². The SMILES string of the molecule is COc1cccc(NC(=O)N=Nc2c(O)[nH]c3ccccc23)c1. The van der Waals surface area contributed by atoms with Gasteiger partial charge in [-0.1, -0.05) is 29.4 Å². The molecule has 23 heavy (non-hydrogen) atoms. The quantitative estimate of drug-likeness (QED) is 0.632. The lowest BCUT2D eigenvalue weighted by Gasteiger charge is -2.03. The molecule has 0 saturated carbocycles. The first-order chi connectivity index (χ1) is 11.2. The number of aromatic hydroxyl groups is 1. The first kappa shape index (κ1) is 14.6. The van der Waals surface area contributed by atoms with Crippen molar-refractivity contribution in [2.24, 2.45) is 10.2 Å². The summed E-state index contributed by atoms with van der Waals surface area (Å²) in [6.45, 7) is 0. The van der Waals surface area contributed by atoms with Crippen molar-refractivity contribution in [3.8, 4) is 11.6 Å². The zero-order chi connectivity index (χ0) is 16.2. The van der Waals surface area contributed by atoms with Crippen LogP contribution in [0.1, 0.15) is 0 Å². The summed E-state index contributed by atoms with van der Waals surface area (Å²) in [7, 11) is 1.54. The number of methoxy groups -OCH3 is 1. The molecule has 0 aliphatic carbocycles. The Morgan fingerprint density at radius 2 is 2.04 bits per heavy atom. The molecule has 1 heterocycles. The van der Waals surface area contributed by atoms with E-state index in [1.807, 2.05) is 12.1 Å². The Morgan fingerprint density at radius 1 is 1.22 bits per heavy atom. The Balaban J connectivity index is 1.78. The van der Waals surface area contributed by atoms with E-state index in [4.69, 9.17) is 4.74 Å². The molecule has 0 atom stereocenters. The van der Waals surface area contributed by atoms with Gasteiger partial charge in [-0.2, -0.15) is 0 Å². The topological polar surface area (TPSA) is 99.1 Å². The largest absolute Gasteiger partial charge is 0.497 e. The number of benzene rings is 2. The van der Waals surface area contributed by atoms with Gasteiger partial charge in [0.15, 0.2) is 5.69 Å². The smallest absolute Gasteiger partial charge is 0.364 e. The summed E-state index contributed by atoms with van der Waals surface area (Å²) >= 11 is 0. The molecule has 7 heteroatoms. The van der Waals surface area contributed by atoms with Gasteiger partial charge in [0.25, 0.3) is 0 Å². The van der Waals surface area contributed by atoms with Crippen LogP contribution in [0.3, 0.4) is 0 Å². The third kappa shape index (κ3) is 3.13. The second-order valence-corrected chi connectivity index (χ2v) is 4.73. The van der Waals surface area contributed by atoms with E-state index in [0.717, 1.165) is 0 Å². The summed E-state index contributed by atoms with van der Waals surface area (Å²) in [5, 5.41) is 20.5. The molecular formula is C16H14N4O3. The summed E-state index contributed by atoms with van der Waals surface area (Å²) < 4.78 is 5.08. The molecule has 0 aliphatic rings. The number of para-hydroxylation sites is 1. The van der Waals surface area contributed by atoms with Gasteiger partial charge in [-0.05, 0) is 18.2 Å². The number of aromatic amines is 1. The van der Waals surface area contributed by atoms with Crippen molar-refractivity contribution in [3.05, 3.63) is 48.5 Å². The highest BCUT2D eigenvalue weighted by Gasteiger charge is 2.10. The van der Waals surface area contributed by atoms with E-state index in [1.165, 1.54) is 0 Å². The Morgan fingerprint density at radius 3 is 2.87 bits per heavy atom. The second kappa shape index (κ2) is 6.18. The molecule has 2 aromatic carbocycles. The number of hydrogen-bond acceptors (Lipinski definition) is 4. The van der Waals surface area contributed by atoms with Gasteiger partial charge in [0, 0.05) is 17.1 Å². The summed E-state index contributed by atoms with van der Waals surface area (Å²) in [5.41, 5.74) is 1.48. The third-order valence-corrected chi connectivity index (χ3v) is 3.22. The molecule has 3 N–H and O–H groups in total. The van der Waals surface area contributed by atoms with Crippen LogP contribution in [0.5, 0.6) is 11.6 Å². The molecule has 2 amide bonds. The number of nitrogens with one attached hydrogen (secondary N) is 2. The molecule has 116 valence electrons. The molecule has 0 unspecified atom stereocenters. The summed E-state index contributed by atoms with van der Waals surface area (Å²) in [5.74, 6) is 0.484. The maximum atomic E-state index is 11.9. The lowest BCUT2D eigenvalue weighted by atomic mass is 10.2. The normalized spacial score (nSPS) is 11.0. The maximum Gasteiger partial charge on any atom is 0.364 e. The average molecular weight is 310 g/mol. The molecule has 3 aromatic rings. The number of carbonyl (C=O) groups excluding carboxylic acids is 1. The van der Waals surface area contributed by atoms with Crippen LogP contribution in [0.15, 0.2) is 58.8 Å². The van der Waals surface area contributed by atoms with Crippen molar-refractivity contribution in [3.63, 3.8) is 0 Å². The number of fused-ring (bicyclic) bond motifs is 1. The van der Waals surface area contributed by atoms with Crippen LogP contribution < -0.4 is 10.1 Å². The molecule has 0 aliphatic heterocycles. The lowest BCUT2D eigenvalue weighted by molar-refractivity contribution is 0.258. The van der Waals surface area contributed by atoms with Crippen LogP contribution in [0, 0.1) is 0 Å². The van der Waals surface area contributed by atoms with E-state index in [-0.39, 0.29) is 11.6 Å². The molecule has 0 spiro atoms. The van der Waals surface area contributed by atoms with E-state index < -0.39 is 6.03 Å². The van der Waals surface area contributed by atoms with Gasteiger partial charge in [-0.3, -0.25) is 0 Å². The number of hydrogen-bond donors (Lipinski definition) is 3. The second-order valence-electron chi connectivity index (χ2n) is 4.73. The van der Waals surface area contributed by atoms with Gasteiger partial charge >= 0.3 is 6.03 Å². The van der Waals surface area contributed by atoms with Crippen LogP contribution in [-0.4, -0.2) is 23.2 Å². The molecule has 0 saturated heterocycles. The predicted molar refractivity (Wildman–Crippen MR) is 86.5 cm³/mol.